The molecule has 100 valence electrons. The molecule has 0 unspecified atom stereocenters. The molecule has 0 spiro atoms. The van der Waals surface area contributed by atoms with E-state index in [-0.39, 0.29) is 5.91 Å². The Labute approximate surface area is 112 Å². The highest BCUT2D eigenvalue weighted by Crippen LogP contribution is 2.03. The van der Waals surface area contributed by atoms with Crippen LogP contribution < -0.4 is 10.6 Å². The second-order valence-corrected chi connectivity index (χ2v) is 4.19. The summed E-state index contributed by atoms with van der Waals surface area (Å²) < 4.78 is 1.86. The van der Waals surface area contributed by atoms with Crippen LogP contribution in [0.2, 0.25) is 0 Å². The largest absolute Gasteiger partial charge is 0.376 e. The predicted molar refractivity (Wildman–Crippen MR) is 74.8 cm³/mol. The number of rotatable bonds is 7. The normalized spacial score (nSPS) is 10.1. The van der Waals surface area contributed by atoms with Crippen LogP contribution in [0.25, 0.3) is 0 Å². The van der Waals surface area contributed by atoms with Crippen molar-refractivity contribution in [1.82, 2.24) is 15.1 Å². The van der Waals surface area contributed by atoms with Crippen molar-refractivity contribution < 1.29 is 4.79 Å². The van der Waals surface area contributed by atoms with E-state index >= 15 is 0 Å². The van der Waals surface area contributed by atoms with E-state index in [1.54, 1.807) is 6.20 Å². The molecule has 0 aliphatic heterocycles. The second-order valence-electron chi connectivity index (χ2n) is 4.19. The highest BCUT2D eigenvalue weighted by atomic mass is 16.1. The van der Waals surface area contributed by atoms with Crippen LogP contribution in [-0.4, -0.2) is 28.8 Å². The zero-order valence-corrected chi connectivity index (χ0v) is 10.7. The maximum atomic E-state index is 11.6. The Kier molecular flexibility index (Phi) is 4.98. The smallest absolute Gasteiger partial charge is 0.239 e. The molecular formula is C14H18N4O. The van der Waals surface area contributed by atoms with Gasteiger partial charge in [-0.05, 0) is 24.6 Å². The van der Waals surface area contributed by atoms with Gasteiger partial charge in [0, 0.05) is 31.2 Å². The minimum atomic E-state index is 0.00400. The number of hydrogen-bond donors (Lipinski definition) is 2. The van der Waals surface area contributed by atoms with E-state index in [2.05, 4.69) is 15.7 Å². The van der Waals surface area contributed by atoms with Crippen molar-refractivity contribution in [3.05, 3.63) is 48.8 Å². The summed E-state index contributed by atoms with van der Waals surface area (Å²) in [5.74, 6) is 0.00400. The molecule has 0 radical (unpaired) electrons. The van der Waals surface area contributed by atoms with Gasteiger partial charge in [0.15, 0.2) is 0 Å². The summed E-state index contributed by atoms with van der Waals surface area (Å²) in [5.41, 5.74) is 0.953. The summed E-state index contributed by atoms with van der Waals surface area (Å²) in [6.45, 7) is 1.78. The molecule has 2 aromatic rings. The molecular weight excluding hydrogens is 240 g/mol. The monoisotopic (exact) mass is 258 g/mol. The first-order valence-corrected chi connectivity index (χ1v) is 6.37. The second kappa shape index (κ2) is 7.20. The van der Waals surface area contributed by atoms with E-state index in [0.717, 1.165) is 18.7 Å². The first-order chi connectivity index (χ1) is 9.34. The van der Waals surface area contributed by atoms with E-state index in [1.807, 2.05) is 47.3 Å². The fourth-order valence-electron chi connectivity index (χ4n) is 1.70. The minimum absolute atomic E-state index is 0.00400. The lowest BCUT2D eigenvalue weighted by molar-refractivity contribution is -0.119. The number of carbonyl (C=O) groups is 1. The average molecular weight is 258 g/mol. The molecule has 0 bridgehead atoms. The lowest BCUT2D eigenvalue weighted by Gasteiger charge is -2.07. The molecule has 5 nitrogen and oxygen atoms in total. The Hall–Kier alpha value is -2.30. The van der Waals surface area contributed by atoms with E-state index < -0.39 is 0 Å². The molecule has 19 heavy (non-hydrogen) atoms. The molecule has 0 atom stereocenters. The number of aromatic nitrogens is 2. The standard InChI is InChI=1S/C14H18N4O/c19-14(12-16-13-6-2-1-3-7-13)15-8-4-10-18-11-5-9-17-18/h1-3,5-7,9,11,16H,4,8,10,12H2,(H,15,19). The summed E-state index contributed by atoms with van der Waals surface area (Å²) >= 11 is 0. The number of amides is 1. The number of benzene rings is 1. The Morgan fingerprint density at radius 3 is 2.79 bits per heavy atom. The summed E-state index contributed by atoms with van der Waals surface area (Å²) in [4.78, 5) is 11.6. The van der Waals surface area contributed by atoms with Crippen LogP contribution in [0.15, 0.2) is 48.8 Å². The van der Waals surface area contributed by atoms with Gasteiger partial charge in [-0.1, -0.05) is 18.2 Å². The van der Waals surface area contributed by atoms with Gasteiger partial charge < -0.3 is 10.6 Å². The van der Waals surface area contributed by atoms with E-state index in [0.29, 0.717) is 13.1 Å². The van der Waals surface area contributed by atoms with Crippen LogP contribution in [0.4, 0.5) is 5.69 Å². The Morgan fingerprint density at radius 1 is 1.21 bits per heavy atom. The van der Waals surface area contributed by atoms with E-state index in [4.69, 9.17) is 0 Å². The van der Waals surface area contributed by atoms with Crippen molar-refractivity contribution in [3.8, 4) is 0 Å². The number of nitrogens with one attached hydrogen (secondary N) is 2. The van der Waals surface area contributed by atoms with Crippen molar-refractivity contribution in [2.75, 3.05) is 18.4 Å². The fraction of sp³-hybridized carbons (Fsp3) is 0.286. The third-order valence-corrected chi connectivity index (χ3v) is 2.67. The number of aryl methyl sites for hydroxylation is 1. The number of hydrogen-bond acceptors (Lipinski definition) is 3. The van der Waals surface area contributed by atoms with Crippen LogP contribution in [-0.2, 0) is 11.3 Å². The predicted octanol–water partition coefficient (Wildman–Crippen LogP) is 1.50. The number of para-hydroxylation sites is 1. The SMILES string of the molecule is O=C(CNc1ccccc1)NCCCn1cccn1. The van der Waals surface area contributed by atoms with Crippen LogP contribution in [0.3, 0.4) is 0 Å². The summed E-state index contributed by atoms with van der Waals surface area (Å²) in [6.07, 6.45) is 4.54. The van der Waals surface area contributed by atoms with Crippen molar-refractivity contribution in [2.24, 2.45) is 0 Å². The molecule has 1 amide bonds. The number of carbonyl (C=O) groups excluding carboxylic acids is 1. The van der Waals surface area contributed by atoms with Crippen LogP contribution in [0.5, 0.6) is 0 Å². The third kappa shape index (κ3) is 4.83. The first-order valence-electron chi connectivity index (χ1n) is 6.37. The van der Waals surface area contributed by atoms with Gasteiger partial charge >= 0.3 is 0 Å². The Balaban J connectivity index is 1.57. The van der Waals surface area contributed by atoms with Crippen LogP contribution >= 0.6 is 0 Å². The van der Waals surface area contributed by atoms with E-state index in [9.17, 15) is 4.79 Å². The van der Waals surface area contributed by atoms with Gasteiger partial charge in [-0.25, -0.2) is 0 Å². The zero-order chi connectivity index (χ0) is 13.3. The van der Waals surface area contributed by atoms with Gasteiger partial charge in [0.05, 0.1) is 6.54 Å². The minimum Gasteiger partial charge on any atom is -0.376 e. The maximum Gasteiger partial charge on any atom is 0.239 e. The quantitative estimate of drug-likeness (QED) is 0.740. The van der Waals surface area contributed by atoms with E-state index in [1.165, 1.54) is 0 Å². The highest BCUT2D eigenvalue weighted by Gasteiger charge is 2.00. The summed E-state index contributed by atoms with van der Waals surface area (Å²) in [6, 6.07) is 11.6. The van der Waals surface area contributed by atoms with Crippen LogP contribution in [0, 0.1) is 0 Å². The Morgan fingerprint density at radius 2 is 2.05 bits per heavy atom. The lowest BCUT2D eigenvalue weighted by atomic mass is 10.3. The van der Waals surface area contributed by atoms with Crippen molar-refractivity contribution >= 4 is 11.6 Å². The number of anilines is 1. The molecule has 0 fully saturated rings. The lowest BCUT2D eigenvalue weighted by Crippen LogP contribution is -2.31. The Bertz CT molecular complexity index is 481. The number of nitrogens with zero attached hydrogens (tertiary/aromatic N) is 2. The van der Waals surface area contributed by atoms with Gasteiger partial charge in [0.1, 0.15) is 0 Å². The molecule has 0 aliphatic carbocycles. The summed E-state index contributed by atoms with van der Waals surface area (Å²) in [5, 5.41) is 10.0. The molecule has 1 aromatic heterocycles. The topological polar surface area (TPSA) is 59.0 Å². The average Bonchev–Trinajstić information content (AvgIpc) is 2.96. The molecule has 1 heterocycles. The van der Waals surface area contributed by atoms with Crippen LogP contribution in [0.1, 0.15) is 6.42 Å². The van der Waals surface area contributed by atoms with Gasteiger partial charge in [-0.15, -0.1) is 0 Å². The molecule has 5 heteroatoms. The molecule has 0 saturated carbocycles. The molecule has 2 rings (SSSR count). The molecule has 0 aliphatic rings. The first kappa shape index (κ1) is 13.1. The van der Waals surface area contributed by atoms with Gasteiger partial charge in [-0.3, -0.25) is 9.48 Å². The molecule has 1 aromatic carbocycles. The molecule has 0 saturated heterocycles. The van der Waals surface area contributed by atoms with Crippen molar-refractivity contribution in [2.45, 2.75) is 13.0 Å². The van der Waals surface area contributed by atoms with Crippen molar-refractivity contribution in [3.63, 3.8) is 0 Å². The zero-order valence-electron chi connectivity index (χ0n) is 10.7. The highest BCUT2D eigenvalue weighted by molar-refractivity contribution is 5.80. The summed E-state index contributed by atoms with van der Waals surface area (Å²) in [7, 11) is 0. The molecule has 2 N–H and O–H groups in total. The fourth-order valence-corrected chi connectivity index (χ4v) is 1.70. The van der Waals surface area contributed by atoms with Gasteiger partial charge in [0.25, 0.3) is 0 Å². The van der Waals surface area contributed by atoms with Gasteiger partial charge in [0.2, 0.25) is 5.91 Å². The van der Waals surface area contributed by atoms with Crippen molar-refractivity contribution in [1.29, 1.82) is 0 Å². The maximum absolute atomic E-state index is 11.6. The third-order valence-electron chi connectivity index (χ3n) is 2.67. The van der Waals surface area contributed by atoms with Gasteiger partial charge in [-0.2, -0.15) is 5.10 Å².